The highest BCUT2D eigenvalue weighted by Gasteiger charge is 2.21. The summed E-state index contributed by atoms with van der Waals surface area (Å²) in [6, 6.07) is 13.8. The zero-order chi connectivity index (χ0) is 19.1. The van der Waals surface area contributed by atoms with Gasteiger partial charge in [-0.05, 0) is 59.9 Å². The first-order valence-electron chi connectivity index (χ1n) is 10.7. The second-order valence-electron chi connectivity index (χ2n) is 8.08. The third-order valence-corrected chi connectivity index (χ3v) is 5.90. The Hall–Kier alpha value is -1.83. The molecule has 0 radical (unpaired) electrons. The van der Waals surface area contributed by atoms with Gasteiger partial charge in [-0.3, -0.25) is 0 Å². The maximum Gasteiger partial charge on any atom is 0.165 e. The molecule has 2 aromatic carbocycles. The molecular weight excluding hydrogens is 335 g/mol. The Labute approximate surface area is 164 Å². The highest BCUT2D eigenvalue weighted by atomic mass is 19.1. The number of hydrogen-bond donors (Lipinski definition) is 0. The van der Waals surface area contributed by atoms with Crippen LogP contribution in [0.25, 0.3) is 11.1 Å². The predicted molar refractivity (Wildman–Crippen MR) is 112 cm³/mol. The molecule has 0 heterocycles. The number of hydrogen-bond acceptors (Lipinski definition) is 1. The van der Waals surface area contributed by atoms with Gasteiger partial charge in [0.05, 0.1) is 6.61 Å². The van der Waals surface area contributed by atoms with E-state index in [9.17, 15) is 4.39 Å². The van der Waals surface area contributed by atoms with E-state index in [-0.39, 0.29) is 5.82 Å². The fraction of sp³-hybridized carbons (Fsp3) is 0.520. The van der Waals surface area contributed by atoms with Gasteiger partial charge in [-0.25, -0.2) is 4.39 Å². The number of ether oxygens (including phenoxy) is 1. The molecule has 1 aliphatic carbocycles. The van der Waals surface area contributed by atoms with Crippen LogP contribution in [0.4, 0.5) is 4.39 Å². The van der Waals surface area contributed by atoms with Gasteiger partial charge in [0, 0.05) is 0 Å². The quantitative estimate of drug-likeness (QED) is 0.471. The van der Waals surface area contributed by atoms with Crippen molar-refractivity contribution in [2.45, 2.75) is 65.2 Å². The molecule has 0 atom stereocenters. The number of benzene rings is 2. The Morgan fingerprint density at radius 3 is 2.15 bits per heavy atom. The highest BCUT2D eigenvalue weighted by Crippen LogP contribution is 2.32. The fourth-order valence-corrected chi connectivity index (χ4v) is 4.25. The van der Waals surface area contributed by atoms with Crippen LogP contribution in [0.2, 0.25) is 0 Å². The normalized spacial score (nSPS) is 19.8. The van der Waals surface area contributed by atoms with Gasteiger partial charge < -0.3 is 4.74 Å². The molecule has 3 rings (SSSR count). The van der Waals surface area contributed by atoms with E-state index < -0.39 is 0 Å². The van der Waals surface area contributed by atoms with Gasteiger partial charge in [-0.1, -0.05) is 76.3 Å². The summed E-state index contributed by atoms with van der Waals surface area (Å²) < 4.78 is 20.4. The van der Waals surface area contributed by atoms with Crippen molar-refractivity contribution in [2.24, 2.45) is 11.8 Å². The molecule has 0 saturated heterocycles. The van der Waals surface area contributed by atoms with Gasteiger partial charge >= 0.3 is 0 Å². The van der Waals surface area contributed by atoms with Crippen molar-refractivity contribution in [3.8, 4) is 16.9 Å². The van der Waals surface area contributed by atoms with Crippen LogP contribution in [0, 0.1) is 17.7 Å². The van der Waals surface area contributed by atoms with E-state index in [0.29, 0.717) is 18.3 Å². The average molecular weight is 369 g/mol. The zero-order valence-corrected chi connectivity index (χ0v) is 16.8. The van der Waals surface area contributed by atoms with Crippen molar-refractivity contribution in [2.75, 3.05) is 6.61 Å². The SMILES string of the molecule is CCCc1ccc(-c2ccc(OC[C@H]3CC[C@H](CCC)CC3)c(F)c2)cc1. The summed E-state index contributed by atoms with van der Waals surface area (Å²) in [6.45, 7) is 5.08. The molecule has 1 aliphatic rings. The molecule has 1 saturated carbocycles. The topological polar surface area (TPSA) is 9.23 Å². The van der Waals surface area contributed by atoms with E-state index in [1.807, 2.05) is 6.07 Å². The standard InChI is InChI=1S/C25H33FO/c1-3-5-19-7-9-21(10-8-19)18-27-25-16-15-23(17-24(25)26)22-13-11-20(6-4-2)12-14-22/h11-17,19,21H,3-10,18H2,1-2H3/t19-,21-. The lowest BCUT2D eigenvalue weighted by atomic mass is 9.80. The van der Waals surface area contributed by atoms with Crippen molar-refractivity contribution in [3.05, 3.63) is 53.8 Å². The largest absolute Gasteiger partial charge is 0.490 e. The first-order valence-corrected chi connectivity index (χ1v) is 10.7. The second kappa shape index (κ2) is 9.92. The number of rotatable bonds is 8. The molecule has 1 fully saturated rings. The molecule has 2 aromatic rings. The summed E-state index contributed by atoms with van der Waals surface area (Å²) in [7, 11) is 0. The number of aryl methyl sites for hydroxylation is 1. The van der Waals surface area contributed by atoms with Crippen molar-refractivity contribution in [3.63, 3.8) is 0 Å². The Bertz CT molecular complexity index is 699. The van der Waals surface area contributed by atoms with Gasteiger partial charge in [0.15, 0.2) is 11.6 Å². The molecule has 0 aromatic heterocycles. The summed E-state index contributed by atoms with van der Waals surface area (Å²) in [5.41, 5.74) is 3.29. The van der Waals surface area contributed by atoms with Gasteiger partial charge in [0.1, 0.15) is 0 Å². The van der Waals surface area contributed by atoms with Crippen molar-refractivity contribution >= 4 is 0 Å². The third kappa shape index (κ3) is 5.57. The minimum Gasteiger partial charge on any atom is -0.490 e. The van der Waals surface area contributed by atoms with E-state index in [2.05, 4.69) is 38.1 Å². The lowest BCUT2D eigenvalue weighted by Crippen LogP contribution is -2.20. The van der Waals surface area contributed by atoms with E-state index >= 15 is 0 Å². The minimum absolute atomic E-state index is 0.259. The van der Waals surface area contributed by atoms with Crippen LogP contribution in [-0.4, -0.2) is 6.61 Å². The summed E-state index contributed by atoms with van der Waals surface area (Å²) in [5, 5.41) is 0. The maximum absolute atomic E-state index is 14.5. The third-order valence-electron chi connectivity index (χ3n) is 5.90. The summed E-state index contributed by atoms with van der Waals surface area (Å²) in [5.74, 6) is 1.59. The lowest BCUT2D eigenvalue weighted by Gasteiger charge is -2.28. The van der Waals surface area contributed by atoms with Crippen LogP contribution in [0.15, 0.2) is 42.5 Å². The van der Waals surface area contributed by atoms with E-state index in [1.165, 1.54) is 44.1 Å². The van der Waals surface area contributed by atoms with Crippen molar-refractivity contribution in [1.82, 2.24) is 0 Å². The van der Waals surface area contributed by atoms with Crippen LogP contribution >= 0.6 is 0 Å². The molecular formula is C25H33FO. The van der Waals surface area contributed by atoms with E-state index in [4.69, 9.17) is 4.74 Å². The smallest absolute Gasteiger partial charge is 0.165 e. The molecule has 146 valence electrons. The lowest BCUT2D eigenvalue weighted by molar-refractivity contribution is 0.174. The van der Waals surface area contributed by atoms with Crippen LogP contribution in [0.3, 0.4) is 0 Å². The molecule has 1 nitrogen and oxygen atoms in total. The Balaban J connectivity index is 1.55. The monoisotopic (exact) mass is 368 g/mol. The predicted octanol–water partition coefficient (Wildman–Crippen LogP) is 7.43. The zero-order valence-electron chi connectivity index (χ0n) is 16.8. The summed E-state index contributed by atoms with van der Waals surface area (Å²) >= 11 is 0. The molecule has 0 unspecified atom stereocenters. The van der Waals surface area contributed by atoms with Gasteiger partial charge in [-0.2, -0.15) is 0 Å². The molecule has 0 aliphatic heterocycles. The number of halogens is 1. The van der Waals surface area contributed by atoms with Crippen LogP contribution in [0.1, 0.15) is 64.4 Å². The first kappa shape index (κ1) is 19.9. The molecule has 0 N–H and O–H groups in total. The molecule has 0 spiro atoms. The van der Waals surface area contributed by atoms with Crippen molar-refractivity contribution in [1.29, 1.82) is 0 Å². The minimum atomic E-state index is -0.259. The Kier molecular flexibility index (Phi) is 7.32. The van der Waals surface area contributed by atoms with Crippen LogP contribution in [-0.2, 0) is 6.42 Å². The van der Waals surface area contributed by atoms with E-state index in [1.54, 1.807) is 12.1 Å². The van der Waals surface area contributed by atoms with Crippen LogP contribution in [0.5, 0.6) is 5.75 Å². The summed E-state index contributed by atoms with van der Waals surface area (Å²) in [6.07, 6.45) is 9.90. The Morgan fingerprint density at radius 1 is 0.852 bits per heavy atom. The van der Waals surface area contributed by atoms with Gasteiger partial charge in [-0.15, -0.1) is 0 Å². The second-order valence-corrected chi connectivity index (χ2v) is 8.08. The van der Waals surface area contributed by atoms with Gasteiger partial charge in [0.2, 0.25) is 0 Å². The highest BCUT2D eigenvalue weighted by molar-refractivity contribution is 5.64. The van der Waals surface area contributed by atoms with Crippen LogP contribution < -0.4 is 4.74 Å². The first-order chi connectivity index (χ1) is 13.2. The Morgan fingerprint density at radius 2 is 1.52 bits per heavy atom. The molecule has 27 heavy (non-hydrogen) atoms. The fourth-order valence-electron chi connectivity index (χ4n) is 4.25. The van der Waals surface area contributed by atoms with E-state index in [0.717, 1.165) is 29.9 Å². The van der Waals surface area contributed by atoms with Crippen molar-refractivity contribution < 1.29 is 9.13 Å². The van der Waals surface area contributed by atoms with Gasteiger partial charge in [0.25, 0.3) is 0 Å². The average Bonchev–Trinajstić information content (AvgIpc) is 2.69. The maximum atomic E-state index is 14.5. The molecule has 0 bridgehead atoms. The molecule has 0 amide bonds. The summed E-state index contributed by atoms with van der Waals surface area (Å²) in [4.78, 5) is 0. The molecule has 2 heteroatoms.